The average Bonchev–Trinajstić information content (AvgIpc) is 2.28. The molecule has 0 saturated carbocycles. The largest absolute Gasteiger partial charge is 0.391 e. The fourth-order valence-corrected chi connectivity index (χ4v) is 2.30. The van der Waals surface area contributed by atoms with E-state index in [2.05, 4.69) is 38.1 Å². The molecule has 0 radical (unpaired) electrons. The summed E-state index contributed by atoms with van der Waals surface area (Å²) in [6, 6.07) is 8.44. The summed E-state index contributed by atoms with van der Waals surface area (Å²) in [5, 5.41) is 10.1. The van der Waals surface area contributed by atoms with E-state index < -0.39 is 6.10 Å². The van der Waals surface area contributed by atoms with Gasteiger partial charge in [-0.05, 0) is 17.0 Å². The normalized spacial score (nSPS) is 20.1. The first-order chi connectivity index (χ1) is 8.10. The van der Waals surface area contributed by atoms with Crippen molar-refractivity contribution in [3.8, 4) is 0 Å². The van der Waals surface area contributed by atoms with Crippen molar-refractivity contribution in [2.75, 3.05) is 19.8 Å². The van der Waals surface area contributed by atoms with Gasteiger partial charge in [-0.15, -0.1) is 0 Å². The SMILES string of the molecule is CC(C)c1ccc(C2(C(O)CN)COC2)cc1. The van der Waals surface area contributed by atoms with Gasteiger partial charge in [-0.2, -0.15) is 0 Å². The Morgan fingerprint density at radius 2 is 1.88 bits per heavy atom. The number of hydrogen-bond donors (Lipinski definition) is 2. The number of aliphatic hydroxyl groups excluding tert-OH is 1. The topological polar surface area (TPSA) is 55.5 Å². The van der Waals surface area contributed by atoms with E-state index in [9.17, 15) is 5.11 Å². The zero-order valence-corrected chi connectivity index (χ0v) is 10.5. The molecule has 3 nitrogen and oxygen atoms in total. The van der Waals surface area contributed by atoms with E-state index in [-0.39, 0.29) is 12.0 Å². The summed E-state index contributed by atoms with van der Waals surface area (Å²) < 4.78 is 5.28. The summed E-state index contributed by atoms with van der Waals surface area (Å²) >= 11 is 0. The van der Waals surface area contributed by atoms with Crippen molar-refractivity contribution in [3.05, 3.63) is 35.4 Å². The van der Waals surface area contributed by atoms with E-state index in [0.29, 0.717) is 19.1 Å². The molecule has 0 aliphatic carbocycles. The first-order valence-electron chi connectivity index (χ1n) is 6.16. The van der Waals surface area contributed by atoms with Crippen LogP contribution in [0.5, 0.6) is 0 Å². The molecule has 1 heterocycles. The van der Waals surface area contributed by atoms with E-state index in [4.69, 9.17) is 10.5 Å². The fraction of sp³-hybridized carbons (Fsp3) is 0.571. The van der Waals surface area contributed by atoms with Gasteiger partial charge in [0.25, 0.3) is 0 Å². The molecular weight excluding hydrogens is 214 g/mol. The summed E-state index contributed by atoms with van der Waals surface area (Å²) in [6.45, 7) is 5.74. The Balaban J connectivity index is 2.26. The van der Waals surface area contributed by atoms with Crippen molar-refractivity contribution in [3.63, 3.8) is 0 Å². The van der Waals surface area contributed by atoms with E-state index in [1.807, 2.05) is 0 Å². The standard InChI is InChI=1S/C14H21NO2/c1-10(2)11-3-5-12(6-4-11)14(8-17-9-14)13(16)7-15/h3-6,10,13,16H,7-9,15H2,1-2H3. The summed E-state index contributed by atoms with van der Waals surface area (Å²) in [5.41, 5.74) is 7.73. The van der Waals surface area contributed by atoms with Crippen molar-refractivity contribution in [2.45, 2.75) is 31.3 Å². The molecule has 0 spiro atoms. The van der Waals surface area contributed by atoms with Crippen LogP contribution in [-0.2, 0) is 10.2 Å². The molecule has 0 amide bonds. The predicted octanol–water partition coefficient (Wildman–Crippen LogP) is 1.40. The highest BCUT2D eigenvalue weighted by Crippen LogP contribution is 2.36. The Kier molecular flexibility index (Phi) is 3.52. The minimum Gasteiger partial charge on any atom is -0.391 e. The summed E-state index contributed by atoms with van der Waals surface area (Å²) in [5.74, 6) is 0.525. The molecule has 1 aliphatic heterocycles. The van der Waals surface area contributed by atoms with Crippen LogP contribution in [-0.4, -0.2) is 31.0 Å². The van der Waals surface area contributed by atoms with E-state index >= 15 is 0 Å². The first kappa shape index (κ1) is 12.6. The van der Waals surface area contributed by atoms with Crippen LogP contribution in [0.25, 0.3) is 0 Å². The maximum Gasteiger partial charge on any atom is 0.0803 e. The van der Waals surface area contributed by atoms with Gasteiger partial charge in [0.1, 0.15) is 0 Å². The molecule has 0 bridgehead atoms. The molecule has 1 saturated heterocycles. The van der Waals surface area contributed by atoms with E-state index in [0.717, 1.165) is 5.56 Å². The number of benzene rings is 1. The molecule has 1 aromatic carbocycles. The molecule has 94 valence electrons. The van der Waals surface area contributed by atoms with Crippen molar-refractivity contribution >= 4 is 0 Å². The predicted molar refractivity (Wildman–Crippen MR) is 68.1 cm³/mol. The van der Waals surface area contributed by atoms with Gasteiger partial charge >= 0.3 is 0 Å². The lowest BCUT2D eigenvalue weighted by Crippen LogP contribution is -2.57. The smallest absolute Gasteiger partial charge is 0.0803 e. The highest BCUT2D eigenvalue weighted by molar-refractivity contribution is 5.33. The fourth-order valence-electron chi connectivity index (χ4n) is 2.30. The van der Waals surface area contributed by atoms with Crippen LogP contribution < -0.4 is 5.73 Å². The van der Waals surface area contributed by atoms with E-state index in [1.54, 1.807) is 0 Å². The second-order valence-electron chi connectivity index (χ2n) is 5.18. The summed E-state index contributed by atoms with van der Waals surface area (Å²) in [4.78, 5) is 0. The minimum atomic E-state index is -0.527. The van der Waals surface area contributed by atoms with Crippen molar-refractivity contribution in [2.24, 2.45) is 5.73 Å². The third-order valence-corrected chi connectivity index (χ3v) is 3.73. The van der Waals surface area contributed by atoms with Crippen LogP contribution in [0.15, 0.2) is 24.3 Å². The Hall–Kier alpha value is -0.900. The molecule has 1 aliphatic rings. The van der Waals surface area contributed by atoms with Crippen molar-refractivity contribution < 1.29 is 9.84 Å². The first-order valence-corrected chi connectivity index (χ1v) is 6.16. The Bertz CT molecular complexity index is 368. The summed E-state index contributed by atoms with van der Waals surface area (Å²) in [7, 11) is 0. The molecule has 1 fully saturated rings. The van der Waals surface area contributed by atoms with Crippen LogP contribution >= 0.6 is 0 Å². The molecule has 1 unspecified atom stereocenters. The van der Waals surface area contributed by atoms with Gasteiger partial charge in [-0.25, -0.2) is 0 Å². The number of hydrogen-bond acceptors (Lipinski definition) is 3. The number of rotatable bonds is 4. The molecule has 1 aromatic rings. The van der Waals surface area contributed by atoms with Gasteiger partial charge in [0.2, 0.25) is 0 Å². The Morgan fingerprint density at radius 3 is 2.24 bits per heavy atom. The van der Waals surface area contributed by atoms with Crippen LogP contribution in [0.4, 0.5) is 0 Å². The number of ether oxygens (including phenoxy) is 1. The monoisotopic (exact) mass is 235 g/mol. The maximum absolute atomic E-state index is 10.1. The van der Waals surface area contributed by atoms with Gasteiger partial charge in [-0.3, -0.25) is 0 Å². The zero-order valence-electron chi connectivity index (χ0n) is 10.5. The van der Waals surface area contributed by atoms with Crippen LogP contribution in [0.1, 0.15) is 30.9 Å². The Morgan fingerprint density at radius 1 is 1.29 bits per heavy atom. The number of nitrogens with two attached hydrogens (primary N) is 1. The second-order valence-corrected chi connectivity index (χ2v) is 5.18. The molecule has 0 aromatic heterocycles. The lowest BCUT2D eigenvalue weighted by Gasteiger charge is -2.45. The third-order valence-electron chi connectivity index (χ3n) is 3.73. The van der Waals surface area contributed by atoms with E-state index in [1.165, 1.54) is 5.56 Å². The molecule has 2 rings (SSSR count). The molecule has 1 atom stereocenters. The Labute approximate surface area is 103 Å². The van der Waals surface area contributed by atoms with Gasteiger partial charge < -0.3 is 15.6 Å². The maximum atomic E-state index is 10.1. The van der Waals surface area contributed by atoms with Crippen LogP contribution in [0, 0.1) is 0 Å². The lowest BCUT2D eigenvalue weighted by molar-refractivity contribution is -0.116. The van der Waals surface area contributed by atoms with Gasteiger partial charge in [0.05, 0.1) is 24.7 Å². The van der Waals surface area contributed by atoms with Crippen molar-refractivity contribution in [1.82, 2.24) is 0 Å². The van der Waals surface area contributed by atoms with Gasteiger partial charge in [-0.1, -0.05) is 38.1 Å². The highest BCUT2D eigenvalue weighted by Gasteiger charge is 2.46. The van der Waals surface area contributed by atoms with Crippen LogP contribution in [0.2, 0.25) is 0 Å². The number of aliphatic hydroxyl groups is 1. The van der Waals surface area contributed by atoms with Gasteiger partial charge in [0, 0.05) is 6.54 Å². The zero-order chi connectivity index (χ0) is 12.5. The quantitative estimate of drug-likeness (QED) is 0.829. The van der Waals surface area contributed by atoms with Crippen LogP contribution in [0.3, 0.4) is 0 Å². The lowest BCUT2D eigenvalue weighted by atomic mass is 9.73. The average molecular weight is 235 g/mol. The highest BCUT2D eigenvalue weighted by atomic mass is 16.5. The van der Waals surface area contributed by atoms with Gasteiger partial charge in [0.15, 0.2) is 0 Å². The summed E-state index contributed by atoms with van der Waals surface area (Å²) in [6.07, 6.45) is -0.527. The molecular formula is C14H21NO2. The minimum absolute atomic E-state index is 0.273. The molecule has 3 heteroatoms. The molecule has 17 heavy (non-hydrogen) atoms. The molecule has 3 N–H and O–H groups in total. The second kappa shape index (κ2) is 4.77. The third kappa shape index (κ3) is 2.10. The van der Waals surface area contributed by atoms with Crippen molar-refractivity contribution in [1.29, 1.82) is 0 Å².